The molecule has 150 valence electrons. The lowest BCUT2D eigenvalue weighted by molar-refractivity contribution is -0.152. The Hall–Kier alpha value is -2.79. The van der Waals surface area contributed by atoms with E-state index in [-0.39, 0.29) is 22.7 Å². The molecule has 2 fully saturated rings. The highest BCUT2D eigenvalue weighted by Crippen LogP contribution is 2.48. The normalized spacial score (nSPS) is 25.9. The fourth-order valence-electron chi connectivity index (χ4n) is 3.41. The molecule has 0 spiro atoms. The fourth-order valence-corrected chi connectivity index (χ4v) is 5.53. The summed E-state index contributed by atoms with van der Waals surface area (Å²) in [7, 11) is -3.94. The van der Waals surface area contributed by atoms with Gasteiger partial charge in [0, 0.05) is 19.3 Å². The first kappa shape index (κ1) is 20.0. The molecule has 3 heterocycles. The number of carbonyl (C=O) groups is 3. The monoisotopic (exact) mass is 408 g/mol. The van der Waals surface area contributed by atoms with Crippen LogP contribution in [0, 0.1) is 0 Å². The van der Waals surface area contributed by atoms with Gasteiger partial charge in [-0.1, -0.05) is 0 Å². The Balaban J connectivity index is 1.90. The smallest absolute Gasteiger partial charge is 0.328 e. The van der Waals surface area contributed by atoms with Crippen molar-refractivity contribution >= 4 is 33.7 Å². The van der Waals surface area contributed by atoms with E-state index in [0.717, 1.165) is 4.90 Å². The number of amides is 2. The SMILES string of the molecule is CC1(C)[C@H](C(=O)O)N2C(=O)C(=Cc3ccc(C(=O)NCCN)cn3)[C@H]2S1(=O)=O. The van der Waals surface area contributed by atoms with E-state index in [0.29, 0.717) is 13.1 Å². The molecule has 11 heteroatoms. The molecule has 0 bridgehead atoms. The van der Waals surface area contributed by atoms with Crippen molar-refractivity contribution in [1.29, 1.82) is 0 Å². The van der Waals surface area contributed by atoms with Gasteiger partial charge in [-0.15, -0.1) is 0 Å². The minimum absolute atomic E-state index is 0.0374. The first-order valence-electron chi connectivity index (χ1n) is 8.49. The zero-order valence-corrected chi connectivity index (χ0v) is 16.1. The summed E-state index contributed by atoms with van der Waals surface area (Å²) in [6.07, 6.45) is 2.61. The largest absolute Gasteiger partial charge is 0.480 e. The highest BCUT2D eigenvalue weighted by molar-refractivity contribution is 7.94. The molecule has 28 heavy (non-hydrogen) atoms. The van der Waals surface area contributed by atoms with E-state index in [4.69, 9.17) is 5.73 Å². The number of hydrogen-bond acceptors (Lipinski definition) is 7. The highest BCUT2D eigenvalue weighted by atomic mass is 32.2. The van der Waals surface area contributed by atoms with E-state index in [1.165, 1.54) is 38.3 Å². The number of sulfone groups is 1. The molecule has 2 atom stereocenters. The van der Waals surface area contributed by atoms with E-state index < -0.39 is 37.9 Å². The Morgan fingerprint density at radius 2 is 2.07 bits per heavy atom. The summed E-state index contributed by atoms with van der Waals surface area (Å²) in [5.41, 5.74) is 5.86. The second-order valence-corrected chi connectivity index (χ2v) is 9.66. The topological polar surface area (TPSA) is 160 Å². The molecule has 2 saturated heterocycles. The van der Waals surface area contributed by atoms with Gasteiger partial charge in [0.15, 0.2) is 21.3 Å². The van der Waals surface area contributed by atoms with Crippen molar-refractivity contribution in [3.05, 3.63) is 35.2 Å². The van der Waals surface area contributed by atoms with Crippen LogP contribution in [-0.2, 0) is 19.4 Å². The maximum Gasteiger partial charge on any atom is 0.328 e. The molecule has 4 N–H and O–H groups in total. The van der Waals surface area contributed by atoms with Gasteiger partial charge >= 0.3 is 5.97 Å². The quantitative estimate of drug-likeness (QED) is 0.412. The number of carbonyl (C=O) groups excluding carboxylic acids is 2. The molecule has 3 rings (SSSR count). The number of carboxylic acids is 1. The molecule has 0 aliphatic carbocycles. The number of rotatable bonds is 5. The number of pyridine rings is 1. The number of nitrogens with zero attached hydrogens (tertiary/aromatic N) is 2. The van der Waals surface area contributed by atoms with Crippen LogP contribution in [0.15, 0.2) is 23.9 Å². The second kappa shape index (κ2) is 6.67. The average molecular weight is 408 g/mol. The van der Waals surface area contributed by atoms with Gasteiger partial charge in [0.05, 0.1) is 16.8 Å². The van der Waals surface area contributed by atoms with E-state index in [1.54, 1.807) is 0 Å². The number of nitrogens with two attached hydrogens (primary N) is 1. The number of hydrogen-bond donors (Lipinski definition) is 3. The van der Waals surface area contributed by atoms with Gasteiger partial charge in [-0.2, -0.15) is 0 Å². The van der Waals surface area contributed by atoms with Gasteiger partial charge in [-0.05, 0) is 32.1 Å². The molecule has 0 unspecified atom stereocenters. The van der Waals surface area contributed by atoms with Crippen LogP contribution < -0.4 is 11.1 Å². The Kier molecular flexibility index (Phi) is 4.76. The van der Waals surface area contributed by atoms with Crippen LogP contribution in [0.5, 0.6) is 0 Å². The second-order valence-electron chi connectivity index (χ2n) is 7.07. The minimum Gasteiger partial charge on any atom is -0.480 e. The van der Waals surface area contributed by atoms with Crippen molar-refractivity contribution in [2.24, 2.45) is 5.73 Å². The standard InChI is InChI=1S/C17H20N4O6S/c1-17(2)12(16(24)25)21-14(23)11(15(21)28(17,26)27)7-10-4-3-9(8-20-10)13(22)19-6-5-18/h3-4,7-8,12,15H,5-6,18H2,1-2H3,(H,19,22)(H,24,25)/t12-,15+/m0/s1. The summed E-state index contributed by atoms with van der Waals surface area (Å²) in [6, 6.07) is 1.51. The summed E-state index contributed by atoms with van der Waals surface area (Å²) in [4.78, 5) is 40.8. The summed E-state index contributed by atoms with van der Waals surface area (Å²) in [5.74, 6) is -2.37. The number of aromatic nitrogens is 1. The molecule has 2 aliphatic heterocycles. The third-order valence-corrected chi connectivity index (χ3v) is 7.74. The van der Waals surface area contributed by atoms with Gasteiger partial charge in [-0.25, -0.2) is 13.2 Å². The van der Waals surface area contributed by atoms with Gasteiger partial charge in [0.2, 0.25) is 0 Å². The Bertz CT molecular complexity index is 983. The van der Waals surface area contributed by atoms with Gasteiger partial charge < -0.3 is 21.1 Å². The van der Waals surface area contributed by atoms with Gasteiger partial charge in [0.25, 0.3) is 11.8 Å². The van der Waals surface area contributed by atoms with Crippen LogP contribution in [0.2, 0.25) is 0 Å². The average Bonchev–Trinajstić information content (AvgIpc) is 2.78. The van der Waals surface area contributed by atoms with Crippen LogP contribution >= 0.6 is 0 Å². The first-order valence-corrected chi connectivity index (χ1v) is 10.0. The molecule has 0 radical (unpaired) electrons. The summed E-state index contributed by atoms with van der Waals surface area (Å²) in [5, 5.41) is 10.7. The summed E-state index contributed by atoms with van der Waals surface area (Å²) < 4.78 is 24.0. The van der Waals surface area contributed by atoms with E-state index in [2.05, 4.69) is 10.3 Å². The zero-order valence-electron chi connectivity index (χ0n) is 15.2. The lowest BCUT2D eigenvalue weighted by atomic mass is 9.95. The number of carboxylic acid groups (broad SMARTS) is 1. The van der Waals surface area contributed by atoms with Crippen LogP contribution in [-0.4, -0.2) is 70.4 Å². The third-order valence-electron chi connectivity index (χ3n) is 4.98. The summed E-state index contributed by atoms with van der Waals surface area (Å²) >= 11 is 0. The predicted octanol–water partition coefficient (Wildman–Crippen LogP) is -1.02. The molecule has 2 amide bonds. The van der Waals surface area contributed by atoms with Crippen molar-refractivity contribution in [1.82, 2.24) is 15.2 Å². The predicted molar refractivity (Wildman–Crippen MR) is 98.7 cm³/mol. The summed E-state index contributed by atoms with van der Waals surface area (Å²) in [6.45, 7) is 3.22. The van der Waals surface area contributed by atoms with E-state index in [1.807, 2.05) is 0 Å². The van der Waals surface area contributed by atoms with Gasteiger partial charge in [0.1, 0.15) is 4.75 Å². The number of nitrogens with one attached hydrogen (secondary N) is 1. The lowest BCUT2D eigenvalue weighted by Gasteiger charge is -2.37. The maximum absolute atomic E-state index is 12.8. The van der Waals surface area contributed by atoms with Crippen molar-refractivity contribution in [2.75, 3.05) is 13.1 Å². The Morgan fingerprint density at radius 1 is 1.39 bits per heavy atom. The Labute approximate surface area is 161 Å². The van der Waals surface area contributed by atoms with Crippen LogP contribution in [0.25, 0.3) is 6.08 Å². The van der Waals surface area contributed by atoms with E-state index in [9.17, 15) is 27.9 Å². The molecule has 2 aliphatic rings. The van der Waals surface area contributed by atoms with Crippen LogP contribution in [0.4, 0.5) is 0 Å². The van der Waals surface area contributed by atoms with Crippen molar-refractivity contribution in [3.63, 3.8) is 0 Å². The molecule has 1 aromatic rings. The molecular weight excluding hydrogens is 388 g/mol. The molecule has 0 saturated carbocycles. The fraction of sp³-hybridized carbons (Fsp3) is 0.412. The maximum atomic E-state index is 12.8. The minimum atomic E-state index is -3.94. The zero-order chi connectivity index (χ0) is 20.9. The van der Waals surface area contributed by atoms with Crippen molar-refractivity contribution in [3.8, 4) is 0 Å². The lowest BCUT2D eigenvalue weighted by Crippen LogP contribution is -2.58. The van der Waals surface area contributed by atoms with E-state index >= 15 is 0 Å². The van der Waals surface area contributed by atoms with Crippen LogP contribution in [0.3, 0.4) is 0 Å². The number of fused-ring (bicyclic) bond motifs is 1. The first-order chi connectivity index (χ1) is 13.0. The van der Waals surface area contributed by atoms with Crippen molar-refractivity contribution in [2.45, 2.75) is 30.0 Å². The van der Waals surface area contributed by atoms with Crippen LogP contribution in [0.1, 0.15) is 29.9 Å². The molecule has 10 nitrogen and oxygen atoms in total. The third kappa shape index (κ3) is 2.78. The van der Waals surface area contributed by atoms with Gasteiger partial charge in [-0.3, -0.25) is 14.6 Å². The number of β-lactam (4-membered cyclic amide) rings is 1. The molecule has 0 aromatic carbocycles. The molecular formula is C17H20N4O6S. The highest BCUT2D eigenvalue weighted by Gasteiger charge is 2.70. The van der Waals surface area contributed by atoms with Crippen molar-refractivity contribution < 1.29 is 27.9 Å². The number of aliphatic carboxylic acids is 1. The Morgan fingerprint density at radius 3 is 2.61 bits per heavy atom. The molecule has 1 aromatic heterocycles.